The zero-order valence-electron chi connectivity index (χ0n) is 10.2. The Bertz CT molecular complexity index is 384. The van der Waals surface area contributed by atoms with E-state index in [1.165, 1.54) is 25.7 Å². The second kappa shape index (κ2) is 7.97. The second-order valence-corrected chi connectivity index (χ2v) is 4.39. The summed E-state index contributed by atoms with van der Waals surface area (Å²) in [5.41, 5.74) is 0.433. The van der Waals surface area contributed by atoms with Crippen molar-refractivity contribution in [2.45, 2.75) is 39.0 Å². The molecule has 0 radical (unpaired) electrons. The highest BCUT2D eigenvalue weighted by Crippen LogP contribution is 2.25. The van der Waals surface area contributed by atoms with E-state index in [4.69, 9.17) is 21.6 Å². The Balaban J connectivity index is 2.37. The zero-order valence-corrected chi connectivity index (χ0v) is 11.0. The Morgan fingerprint density at radius 2 is 2.00 bits per heavy atom. The smallest absolute Gasteiger partial charge is 0.138 e. The van der Waals surface area contributed by atoms with Crippen molar-refractivity contribution in [2.24, 2.45) is 0 Å². The zero-order chi connectivity index (χ0) is 12.5. The predicted octanol–water partition coefficient (Wildman–Crippen LogP) is 4.56. The lowest BCUT2D eigenvalue weighted by molar-refractivity contribution is 0.304. The van der Waals surface area contributed by atoms with E-state index in [2.05, 4.69) is 13.0 Å². The van der Waals surface area contributed by atoms with Gasteiger partial charge in [-0.1, -0.05) is 50.3 Å². The van der Waals surface area contributed by atoms with Crippen LogP contribution in [0.25, 0.3) is 0 Å². The molecule has 3 heteroatoms. The van der Waals surface area contributed by atoms with Gasteiger partial charge >= 0.3 is 0 Å². The van der Waals surface area contributed by atoms with E-state index in [1.807, 2.05) is 0 Å². The number of unbranched alkanes of at least 4 members (excludes halogenated alkanes) is 4. The van der Waals surface area contributed by atoms with E-state index in [9.17, 15) is 0 Å². The van der Waals surface area contributed by atoms with Crippen molar-refractivity contribution in [3.63, 3.8) is 0 Å². The minimum absolute atomic E-state index is 0.433. The van der Waals surface area contributed by atoms with E-state index in [0.29, 0.717) is 22.9 Å². The van der Waals surface area contributed by atoms with Crippen LogP contribution >= 0.6 is 11.6 Å². The predicted molar refractivity (Wildman–Crippen MR) is 70.4 cm³/mol. The van der Waals surface area contributed by atoms with Crippen LogP contribution in [-0.2, 0) is 0 Å². The molecule has 0 amide bonds. The molecule has 0 aliphatic carbocycles. The molecule has 92 valence electrons. The van der Waals surface area contributed by atoms with Crippen molar-refractivity contribution in [2.75, 3.05) is 6.61 Å². The highest BCUT2D eigenvalue weighted by Gasteiger charge is 2.06. The minimum atomic E-state index is 0.433. The van der Waals surface area contributed by atoms with Gasteiger partial charge in [-0.3, -0.25) is 0 Å². The summed E-state index contributed by atoms with van der Waals surface area (Å²) in [5.74, 6) is 0.593. The van der Waals surface area contributed by atoms with E-state index in [1.54, 1.807) is 18.2 Å². The molecular weight excluding hydrogens is 234 g/mol. The largest absolute Gasteiger partial charge is 0.492 e. The van der Waals surface area contributed by atoms with Gasteiger partial charge in [0, 0.05) is 0 Å². The van der Waals surface area contributed by atoms with Crippen LogP contribution in [0.3, 0.4) is 0 Å². The first-order valence-electron chi connectivity index (χ1n) is 6.11. The standard InChI is InChI=1S/C14H18ClNO/c1-2-3-4-5-6-10-17-14-9-7-8-13(15)12(14)11-16/h7-9H,2-6,10H2,1H3. The summed E-state index contributed by atoms with van der Waals surface area (Å²) in [6.45, 7) is 2.85. The normalized spacial score (nSPS) is 9.94. The lowest BCUT2D eigenvalue weighted by atomic mass is 10.2. The van der Waals surface area contributed by atoms with Gasteiger partial charge in [0.15, 0.2) is 0 Å². The molecule has 17 heavy (non-hydrogen) atoms. The average molecular weight is 252 g/mol. The Morgan fingerprint density at radius 3 is 2.71 bits per heavy atom. The maximum Gasteiger partial charge on any atom is 0.138 e. The van der Waals surface area contributed by atoms with Crippen molar-refractivity contribution < 1.29 is 4.74 Å². The van der Waals surface area contributed by atoms with Crippen LogP contribution in [0.15, 0.2) is 18.2 Å². The van der Waals surface area contributed by atoms with Crippen LogP contribution in [0.2, 0.25) is 5.02 Å². The number of benzene rings is 1. The third-order valence-electron chi connectivity index (χ3n) is 2.59. The number of halogens is 1. The van der Waals surface area contributed by atoms with Gasteiger partial charge < -0.3 is 4.74 Å². The van der Waals surface area contributed by atoms with E-state index < -0.39 is 0 Å². The van der Waals surface area contributed by atoms with E-state index in [-0.39, 0.29) is 0 Å². The van der Waals surface area contributed by atoms with Crippen molar-refractivity contribution in [1.29, 1.82) is 5.26 Å². The fraction of sp³-hybridized carbons (Fsp3) is 0.500. The molecule has 2 nitrogen and oxygen atoms in total. The molecule has 0 saturated heterocycles. The summed E-state index contributed by atoms with van der Waals surface area (Å²) in [7, 11) is 0. The second-order valence-electron chi connectivity index (χ2n) is 3.99. The topological polar surface area (TPSA) is 33.0 Å². The van der Waals surface area contributed by atoms with Gasteiger partial charge in [0.25, 0.3) is 0 Å². The van der Waals surface area contributed by atoms with Crippen LogP contribution in [0.1, 0.15) is 44.6 Å². The molecule has 0 aromatic heterocycles. The number of nitrogens with zero attached hydrogens (tertiary/aromatic N) is 1. The van der Waals surface area contributed by atoms with Crippen LogP contribution in [0.5, 0.6) is 5.75 Å². The third-order valence-corrected chi connectivity index (χ3v) is 2.91. The van der Waals surface area contributed by atoms with Gasteiger partial charge in [-0.15, -0.1) is 0 Å². The monoisotopic (exact) mass is 251 g/mol. The van der Waals surface area contributed by atoms with Crippen LogP contribution < -0.4 is 4.74 Å². The maximum absolute atomic E-state index is 8.96. The lowest BCUT2D eigenvalue weighted by Gasteiger charge is -2.08. The summed E-state index contributed by atoms with van der Waals surface area (Å²) >= 11 is 5.91. The van der Waals surface area contributed by atoms with Crippen molar-refractivity contribution in [3.05, 3.63) is 28.8 Å². The first-order valence-corrected chi connectivity index (χ1v) is 6.48. The molecule has 0 heterocycles. The number of ether oxygens (including phenoxy) is 1. The molecular formula is C14H18ClNO. The van der Waals surface area contributed by atoms with Gasteiger partial charge in [-0.25, -0.2) is 0 Å². The number of rotatable bonds is 7. The summed E-state index contributed by atoms with van der Waals surface area (Å²) in [6, 6.07) is 7.36. The summed E-state index contributed by atoms with van der Waals surface area (Å²) in [5, 5.41) is 9.41. The Kier molecular flexibility index (Phi) is 6.50. The molecule has 1 rings (SSSR count). The molecule has 0 saturated carbocycles. The fourth-order valence-corrected chi connectivity index (χ4v) is 1.83. The fourth-order valence-electron chi connectivity index (χ4n) is 1.62. The Labute approximate surface area is 108 Å². The lowest BCUT2D eigenvalue weighted by Crippen LogP contribution is -1.99. The minimum Gasteiger partial charge on any atom is -0.492 e. The molecule has 0 atom stereocenters. The first kappa shape index (κ1) is 13.9. The van der Waals surface area contributed by atoms with Crippen LogP contribution in [0, 0.1) is 11.3 Å². The number of hydrogen-bond acceptors (Lipinski definition) is 2. The third kappa shape index (κ3) is 4.66. The highest BCUT2D eigenvalue weighted by atomic mass is 35.5. The molecule has 0 fully saturated rings. The Hall–Kier alpha value is -1.20. The van der Waals surface area contributed by atoms with Gasteiger partial charge in [0.2, 0.25) is 0 Å². The molecule has 0 bridgehead atoms. The van der Waals surface area contributed by atoms with Crippen molar-refractivity contribution in [1.82, 2.24) is 0 Å². The quantitative estimate of drug-likeness (QED) is 0.666. The van der Waals surface area contributed by atoms with Crippen LogP contribution in [-0.4, -0.2) is 6.61 Å². The van der Waals surface area contributed by atoms with Crippen molar-refractivity contribution in [3.8, 4) is 11.8 Å². The van der Waals surface area contributed by atoms with Crippen LogP contribution in [0.4, 0.5) is 0 Å². The Morgan fingerprint density at radius 1 is 1.24 bits per heavy atom. The van der Waals surface area contributed by atoms with Gasteiger partial charge in [-0.05, 0) is 18.6 Å². The van der Waals surface area contributed by atoms with Gasteiger partial charge in [-0.2, -0.15) is 5.26 Å². The SMILES string of the molecule is CCCCCCCOc1cccc(Cl)c1C#N. The molecule has 0 N–H and O–H groups in total. The molecule has 0 unspecified atom stereocenters. The van der Waals surface area contributed by atoms with Gasteiger partial charge in [0.05, 0.1) is 11.6 Å². The molecule has 0 aliphatic heterocycles. The van der Waals surface area contributed by atoms with E-state index >= 15 is 0 Å². The van der Waals surface area contributed by atoms with E-state index in [0.717, 1.165) is 6.42 Å². The molecule has 1 aromatic carbocycles. The first-order chi connectivity index (χ1) is 8.29. The number of hydrogen-bond donors (Lipinski definition) is 0. The average Bonchev–Trinajstić information content (AvgIpc) is 2.34. The summed E-state index contributed by atoms with van der Waals surface area (Å²) in [6.07, 6.45) is 5.97. The molecule has 1 aromatic rings. The highest BCUT2D eigenvalue weighted by molar-refractivity contribution is 6.31. The molecule has 0 aliphatic rings. The summed E-state index contributed by atoms with van der Waals surface area (Å²) < 4.78 is 5.58. The summed E-state index contributed by atoms with van der Waals surface area (Å²) in [4.78, 5) is 0. The number of nitriles is 1. The van der Waals surface area contributed by atoms with Crippen molar-refractivity contribution >= 4 is 11.6 Å². The van der Waals surface area contributed by atoms with Gasteiger partial charge in [0.1, 0.15) is 17.4 Å². The molecule has 0 spiro atoms. The maximum atomic E-state index is 8.96.